The summed E-state index contributed by atoms with van der Waals surface area (Å²) in [5, 5.41) is 40.3. The van der Waals surface area contributed by atoms with Crippen molar-refractivity contribution in [2.75, 3.05) is 6.16 Å². The standard InChI is InChI=1S/C7H11O9P.C6H11O7P/c8-5(9)1-3(6(10)11)4(7(12)13)2-17(14,15)16;1-2-6(5(9)10,3-4(7)8)14(11,12)13/h3-4H,1-2H2,(H,8,9)(H,10,11)(H,12,13)(H2,14,15,16);2-3H2,1H3,(H,7,8)(H,9,10)(H2,11,12,13). The van der Waals surface area contributed by atoms with Crippen LogP contribution in [-0.2, 0) is 33.1 Å². The molecule has 0 aliphatic rings. The van der Waals surface area contributed by atoms with Crippen LogP contribution in [0, 0.1) is 11.8 Å². The zero-order chi connectivity index (χ0) is 25.4. The van der Waals surface area contributed by atoms with Crippen LogP contribution in [0.25, 0.3) is 0 Å². The third kappa shape index (κ3) is 10.5. The minimum atomic E-state index is -5.00. The van der Waals surface area contributed by atoms with Crippen molar-refractivity contribution in [3.8, 4) is 0 Å². The monoisotopic (exact) mass is 496 g/mol. The normalized spacial score (nSPS) is 15.4. The van der Waals surface area contributed by atoms with E-state index in [2.05, 4.69) is 0 Å². The van der Waals surface area contributed by atoms with Crippen molar-refractivity contribution in [2.45, 2.75) is 31.3 Å². The van der Waals surface area contributed by atoms with Gasteiger partial charge in [-0.15, -0.1) is 0 Å². The number of hydrogen-bond donors (Lipinski definition) is 9. The van der Waals surface area contributed by atoms with Crippen LogP contribution in [0.3, 0.4) is 0 Å². The van der Waals surface area contributed by atoms with E-state index in [0.29, 0.717) is 0 Å². The lowest BCUT2D eigenvalue weighted by molar-refractivity contribution is -0.156. The minimum Gasteiger partial charge on any atom is -0.481 e. The summed E-state index contributed by atoms with van der Waals surface area (Å²) in [6.45, 7) is 1.22. The second-order valence-electron chi connectivity index (χ2n) is 6.14. The molecule has 0 amide bonds. The van der Waals surface area contributed by atoms with Gasteiger partial charge in [0.1, 0.15) is 0 Å². The van der Waals surface area contributed by atoms with Crippen molar-refractivity contribution in [1.82, 2.24) is 0 Å². The molecule has 0 aromatic rings. The average molecular weight is 496 g/mol. The highest BCUT2D eigenvalue weighted by Gasteiger charge is 2.54. The molecule has 0 spiro atoms. The van der Waals surface area contributed by atoms with Gasteiger partial charge in [-0.1, -0.05) is 6.92 Å². The van der Waals surface area contributed by atoms with Gasteiger partial charge < -0.3 is 45.1 Å². The average Bonchev–Trinajstić information content (AvgIpc) is 2.53. The maximum absolute atomic E-state index is 10.9. The number of carboxylic acid groups (broad SMARTS) is 5. The van der Waals surface area contributed by atoms with Crippen molar-refractivity contribution in [3.63, 3.8) is 0 Å². The van der Waals surface area contributed by atoms with Gasteiger partial charge in [-0.2, -0.15) is 0 Å². The predicted molar refractivity (Wildman–Crippen MR) is 96.4 cm³/mol. The molecule has 0 bridgehead atoms. The van der Waals surface area contributed by atoms with Crippen LogP contribution in [0.15, 0.2) is 0 Å². The Labute approximate surface area is 173 Å². The summed E-state index contributed by atoms with van der Waals surface area (Å²) in [6, 6.07) is 0. The van der Waals surface area contributed by atoms with Crippen molar-refractivity contribution in [2.24, 2.45) is 11.8 Å². The molecule has 3 unspecified atom stereocenters. The summed E-state index contributed by atoms with van der Waals surface area (Å²) in [4.78, 5) is 87.6. The van der Waals surface area contributed by atoms with Gasteiger partial charge in [0.25, 0.3) is 0 Å². The molecule has 3 atom stereocenters. The lowest BCUT2D eigenvalue weighted by Gasteiger charge is -2.26. The van der Waals surface area contributed by atoms with Crippen LogP contribution < -0.4 is 0 Å². The van der Waals surface area contributed by atoms with E-state index in [0.717, 1.165) is 0 Å². The number of aliphatic carboxylic acids is 5. The molecular weight excluding hydrogens is 474 g/mol. The zero-order valence-corrected chi connectivity index (χ0v) is 17.5. The van der Waals surface area contributed by atoms with Gasteiger partial charge in [0.15, 0.2) is 5.16 Å². The van der Waals surface area contributed by atoms with Gasteiger partial charge >= 0.3 is 45.0 Å². The Morgan fingerprint density at radius 3 is 1.35 bits per heavy atom. The predicted octanol–water partition coefficient (Wildman–Crippen LogP) is -1.09. The first-order valence-electron chi connectivity index (χ1n) is 7.94. The first-order valence-corrected chi connectivity index (χ1v) is 11.4. The third-order valence-corrected chi connectivity index (χ3v) is 6.58. The van der Waals surface area contributed by atoms with E-state index >= 15 is 0 Å². The van der Waals surface area contributed by atoms with Gasteiger partial charge in [-0.25, -0.2) is 0 Å². The molecular formula is C13H22O16P2. The molecule has 16 nitrogen and oxygen atoms in total. The van der Waals surface area contributed by atoms with Gasteiger partial charge in [-0.05, 0) is 6.42 Å². The van der Waals surface area contributed by atoms with Crippen LogP contribution in [0.1, 0.15) is 26.2 Å². The molecule has 180 valence electrons. The second kappa shape index (κ2) is 11.9. The van der Waals surface area contributed by atoms with E-state index < -0.39 is 87.5 Å². The van der Waals surface area contributed by atoms with Crippen molar-refractivity contribution in [1.29, 1.82) is 0 Å². The topological polar surface area (TPSA) is 302 Å². The molecule has 0 radical (unpaired) electrons. The molecule has 0 rings (SSSR count). The molecule has 0 heterocycles. The molecule has 0 fully saturated rings. The SMILES string of the molecule is CCC(CC(=O)O)(C(=O)O)P(=O)(O)O.O=C(O)CC(C(=O)O)C(CP(=O)(O)O)C(=O)O. The summed E-state index contributed by atoms with van der Waals surface area (Å²) in [7, 11) is -9.75. The quantitative estimate of drug-likeness (QED) is 0.145. The summed E-state index contributed by atoms with van der Waals surface area (Å²) in [6.07, 6.45) is -3.78. The molecule has 0 saturated heterocycles. The van der Waals surface area contributed by atoms with Crippen LogP contribution in [-0.4, -0.2) is 86.3 Å². The van der Waals surface area contributed by atoms with Gasteiger partial charge in [0.2, 0.25) is 0 Å². The lowest BCUT2D eigenvalue weighted by Crippen LogP contribution is -2.40. The maximum Gasteiger partial charge on any atom is 0.343 e. The highest BCUT2D eigenvalue weighted by Crippen LogP contribution is 2.54. The molecule has 0 aromatic heterocycles. The Morgan fingerprint density at radius 2 is 1.19 bits per heavy atom. The van der Waals surface area contributed by atoms with Crippen LogP contribution >= 0.6 is 15.2 Å². The first-order chi connectivity index (χ1) is 13.7. The molecule has 0 aromatic carbocycles. The molecule has 9 N–H and O–H groups in total. The number of rotatable bonds is 12. The minimum absolute atomic E-state index is 0.446. The summed E-state index contributed by atoms with van der Waals surface area (Å²) in [5.41, 5.74) is 0. The molecule has 0 saturated carbocycles. The zero-order valence-electron chi connectivity index (χ0n) is 15.8. The van der Waals surface area contributed by atoms with Crippen molar-refractivity contribution in [3.05, 3.63) is 0 Å². The van der Waals surface area contributed by atoms with E-state index in [1.807, 2.05) is 0 Å². The van der Waals surface area contributed by atoms with Gasteiger partial charge in [-0.3, -0.25) is 33.1 Å². The number of hydrogen-bond acceptors (Lipinski definition) is 7. The molecule has 31 heavy (non-hydrogen) atoms. The molecule has 0 aliphatic carbocycles. The van der Waals surface area contributed by atoms with Crippen molar-refractivity contribution < 1.29 is 78.2 Å². The number of carbonyl (C=O) groups is 5. The maximum atomic E-state index is 10.9. The van der Waals surface area contributed by atoms with E-state index in [1.165, 1.54) is 6.92 Å². The summed E-state index contributed by atoms with van der Waals surface area (Å²) >= 11 is 0. The van der Waals surface area contributed by atoms with Gasteiger partial charge in [0.05, 0.1) is 30.8 Å². The summed E-state index contributed by atoms with van der Waals surface area (Å²) < 4.78 is 21.6. The second-order valence-corrected chi connectivity index (χ2v) is 9.78. The Hall–Kier alpha value is -2.35. The third-order valence-electron chi connectivity index (χ3n) is 3.93. The Balaban J connectivity index is 0. The van der Waals surface area contributed by atoms with Gasteiger partial charge in [0, 0.05) is 0 Å². The highest BCUT2D eigenvalue weighted by atomic mass is 31.2. The van der Waals surface area contributed by atoms with E-state index in [4.69, 9.17) is 45.1 Å². The Kier molecular flexibility index (Phi) is 11.8. The highest BCUT2D eigenvalue weighted by molar-refractivity contribution is 7.54. The fraction of sp³-hybridized carbons (Fsp3) is 0.615. The smallest absolute Gasteiger partial charge is 0.343 e. The van der Waals surface area contributed by atoms with E-state index in [-0.39, 0.29) is 0 Å². The Bertz CT molecular complexity index is 793. The van der Waals surface area contributed by atoms with Crippen LogP contribution in [0.4, 0.5) is 0 Å². The molecule has 0 aliphatic heterocycles. The fourth-order valence-corrected chi connectivity index (χ4v) is 4.18. The fourth-order valence-electron chi connectivity index (χ4n) is 2.26. The summed E-state index contributed by atoms with van der Waals surface area (Å²) in [5.74, 6) is -12.3. The lowest BCUT2D eigenvalue weighted by atomic mass is 9.91. The first kappa shape index (κ1) is 30.8. The van der Waals surface area contributed by atoms with Crippen molar-refractivity contribution >= 4 is 45.0 Å². The number of carboxylic acids is 5. The van der Waals surface area contributed by atoms with E-state index in [9.17, 15) is 33.1 Å². The van der Waals surface area contributed by atoms with E-state index in [1.54, 1.807) is 0 Å². The van der Waals surface area contributed by atoms with Crippen LogP contribution in [0.2, 0.25) is 0 Å². The largest absolute Gasteiger partial charge is 0.481 e. The Morgan fingerprint density at radius 1 is 0.774 bits per heavy atom. The molecule has 18 heteroatoms. The van der Waals surface area contributed by atoms with Crippen LogP contribution in [0.5, 0.6) is 0 Å².